The molecule has 2 rings (SSSR count). The Kier molecular flexibility index (Phi) is 6.10. The van der Waals surface area contributed by atoms with Crippen molar-refractivity contribution in [3.05, 3.63) is 64.1 Å². The van der Waals surface area contributed by atoms with Gasteiger partial charge < -0.3 is 4.74 Å². The van der Waals surface area contributed by atoms with Gasteiger partial charge in [0.05, 0.1) is 5.75 Å². The number of nitrogens with one attached hydrogen (secondary N) is 1. The smallest absolute Gasteiger partial charge is 0.326 e. The number of carbonyl (C=O) groups excluding carboxylic acids is 1. The summed E-state index contributed by atoms with van der Waals surface area (Å²) >= 11 is 0. The fourth-order valence-electron chi connectivity index (χ4n) is 2.45. The van der Waals surface area contributed by atoms with Crippen LogP contribution >= 0.6 is 0 Å². The minimum atomic E-state index is -3.78. The molecule has 1 aromatic carbocycles. The molecular formula is C19H24N2O5S. The van der Waals surface area contributed by atoms with Gasteiger partial charge in [-0.05, 0) is 45.4 Å². The minimum absolute atomic E-state index is 0.111. The van der Waals surface area contributed by atoms with Crippen molar-refractivity contribution < 1.29 is 17.9 Å². The molecule has 0 saturated carbocycles. The molecule has 146 valence electrons. The Hall–Kier alpha value is -2.61. The van der Waals surface area contributed by atoms with Crippen LogP contribution in [-0.4, -0.2) is 24.6 Å². The number of pyridine rings is 1. The first-order valence-electron chi connectivity index (χ1n) is 8.43. The van der Waals surface area contributed by atoms with E-state index in [9.17, 15) is 18.0 Å². The molecule has 0 radical (unpaired) electrons. The van der Waals surface area contributed by atoms with Gasteiger partial charge in [0.15, 0.2) is 0 Å². The Bertz CT molecular complexity index is 973. The Morgan fingerprint density at radius 1 is 1.11 bits per heavy atom. The van der Waals surface area contributed by atoms with Crippen LogP contribution in [-0.2, 0) is 31.9 Å². The number of carbonyl (C=O) groups is 1. The number of ether oxygens (including phenoxy) is 1. The maximum atomic E-state index is 12.6. The molecule has 2 aromatic rings. The van der Waals surface area contributed by atoms with E-state index in [4.69, 9.17) is 4.74 Å². The SMILES string of the molecule is Cc1ccc(NS(=O)(=O)Cc2ccccc2)c(=O)n1CC(=O)OC(C)(C)C. The second kappa shape index (κ2) is 7.96. The highest BCUT2D eigenvalue weighted by atomic mass is 32.2. The van der Waals surface area contributed by atoms with Crippen molar-refractivity contribution in [3.63, 3.8) is 0 Å². The summed E-state index contributed by atoms with van der Waals surface area (Å²) in [6.07, 6.45) is 0. The summed E-state index contributed by atoms with van der Waals surface area (Å²) in [4.78, 5) is 24.7. The van der Waals surface area contributed by atoms with Crippen LogP contribution in [0.2, 0.25) is 0 Å². The average Bonchev–Trinajstić information content (AvgIpc) is 2.53. The zero-order valence-electron chi connectivity index (χ0n) is 15.9. The highest BCUT2D eigenvalue weighted by Gasteiger charge is 2.20. The first-order chi connectivity index (χ1) is 12.5. The molecule has 0 bridgehead atoms. The first kappa shape index (κ1) is 20.7. The Balaban J connectivity index is 2.24. The predicted molar refractivity (Wildman–Crippen MR) is 104 cm³/mol. The van der Waals surface area contributed by atoms with Gasteiger partial charge in [-0.25, -0.2) is 8.42 Å². The van der Waals surface area contributed by atoms with Crippen LogP contribution in [0.3, 0.4) is 0 Å². The Labute approximate surface area is 159 Å². The van der Waals surface area contributed by atoms with Crippen LogP contribution in [0.25, 0.3) is 0 Å². The van der Waals surface area contributed by atoms with Gasteiger partial charge in [-0.3, -0.25) is 18.9 Å². The number of hydrogen-bond donors (Lipinski definition) is 1. The van der Waals surface area contributed by atoms with Gasteiger partial charge in [0.25, 0.3) is 5.56 Å². The van der Waals surface area contributed by atoms with E-state index >= 15 is 0 Å². The number of anilines is 1. The van der Waals surface area contributed by atoms with Crippen molar-refractivity contribution in [2.45, 2.75) is 45.6 Å². The monoisotopic (exact) mass is 392 g/mol. The molecule has 0 fully saturated rings. The lowest BCUT2D eigenvalue weighted by Crippen LogP contribution is -2.33. The maximum absolute atomic E-state index is 12.6. The van der Waals surface area contributed by atoms with Gasteiger partial charge in [0.1, 0.15) is 17.8 Å². The lowest BCUT2D eigenvalue weighted by atomic mass is 10.2. The average molecular weight is 392 g/mol. The van der Waals surface area contributed by atoms with Gasteiger partial charge in [0.2, 0.25) is 10.0 Å². The highest BCUT2D eigenvalue weighted by Crippen LogP contribution is 2.12. The molecule has 1 N–H and O–H groups in total. The molecule has 0 aliphatic carbocycles. The van der Waals surface area contributed by atoms with E-state index in [1.165, 1.54) is 10.6 Å². The molecule has 1 aromatic heterocycles. The van der Waals surface area contributed by atoms with Crippen molar-refractivity contribution in [2.75, 3.05) is 4.72 Å². The van der Waals surface area contributed by atoms with Crippen molar-refractivity contribution in [2.24, 2.45) is 0 Å². The van der Waals surface area contributed by atoms with E-state index < -0.39 is 27.2 Å². The number of esters is 1. The van der Waals surface area contributed by atoms with E-state index in [0.29, 0.717) is 11.3 Å². The number of rotatable bonds is 6. The molecule has 8 heteroatoms. The van der Waals surface area contributed by atoms with Gasteiger partial charge in [-0.15, -0.1) is 0 Å². The predicted octanol–water partition coefficient (Wildman–Crippen LogP) is 2.44. The molecule has 0 amide bonds. The van der Waals surface area contributed by atoms with Crippen molar-refractivity contribution in [3.8, 4) is 0 Å². The summed E-state index contributed by atoms with van der Waals surface area (Å²) in [5, 5.41) is 0. The molecule has 0 saturated heterocycles. The summed E-state index contributed by atoms with van der Waals surface area (Å²) in [6, 6.07) is 11.6. The van der Waals surface area contributed by atoms with Crippen molar-refractivity contribution >= 4 is 21.7 Å². The quantitative estimate of drug-likeness (QED) is 0.762. The van der Waals surface area contributed by atoms with Crippen LogP contribution in [0, 0.1) is 6.92 Å². The largest absolute Gasteiger partial charge is 0.459 e. The second-order valence-electron chi connectivity index (χ2n) is 7.21. The summed E-state index contributed by atoms with van der Waals surface area (Å²) in [5.41, 5.74) is -0.260. The highest BCUT2D eigenvalue weighted by molar-refractivity contribution is 7.91. The van der Waals surface area contributed by atoms with Crippen LogP contribution in [0.4, 0.5) is 5.69 Å². The van der Waals surface area contributed by atoms with E-state index in [1.807, 2.05) is 0 Å². The van der Waals surface area contributed by atoms with Gasteiger partial charge >= 0.3 is 5.97 Å². The molecule has 0 unspecified atom stereocenters. The topological polar surface area (TPSA) is 94.5 Å². The third-order valence-electron chi connectivity index (χ3n) is 3.56. The summed E-state index contributed by atoms with van der Waals surface area (Å²) < 4.78 is 33.5. The number of aromatic nitrogens is 1. The van der Waals surface area contributed by atoms with Gasteiger partial charge in [0, 0.05) is 5.69 Å². The van der Waals surface area contributed by atoms with Gasteiger partial charge in [-0.1, -0.05) is 30.3 Å². The van der Waals surface area contributed by atoms with E-state index in [1.54, 1.807) is 64.1 Å². The number of hydrogen-bond acceptors (Lipinski definition) is 5. The summed E-state index contributed by atoms with van der Waals surface area (Å²) in [6.45, 7) is 6.56. The normalized spacial score (nSPS) is 11.9. The lowest BCUT2D eigenvalue weighted by Gasteiger charge is -2.20. The van der Waals surface area contributed by atoms with Crippen LogP contribution in [0.5, 0.6) is 0 Å². The lowest BCUT2D eigenvalue weighted by molar-refractivity contribution is -0.155. The molecule has 0 aliphatic heterocycles. The van der Waals surface area contributed by atoms with Crippen LogP contribution in [0.15, 0.2) is 47.3 Å². The number of aryl methyl sites for hydroxylation is 1. The molecular weight excluding hydrogens is 368 g/mol. The molecule has 1 heterocycles. The standard InChI is InChI=1S/C19H24N2O5S/c1-14-10-11-16(18(23)21(14)12-17(22)26-19(2,3)4)20-27(24,25)13-15-8-6-5-7-9-15/h5-11,20H,12-13H2,1-4H3. The number of nitrogens with zero attached hydrogens (tertiary/aromatic N) is 1. The number of benzene rings is 1. The van der Waals surface area contributed by atoms with Crippen LogP contribution < -0.4 is 10.3 Å². The van der Waals surface area contributed by atoms with Gasteiger partial charge in [-0.2, -0.15) is 0 Å². The third kappa shape index (κ3) is 6.25. The molecule has 0 aliphatic rings. The van der Waals surface area contributed by atoms with E-state index in [0.717, 1.165) is 0 Å². The summed E-state index contributed by atoms with van der Waals surface area (Å²) in [5.74, 6) is -0.829. The minimum Gasteiger partial charge on any atom is -0.459 e. The molecule has 7 nitrogen and oxygen atoms in total. The molecule has 0 spiro atoms. The Morgan fingerprint density at radius 2 is 1.74 bits per heavy atom. The zero-order chi connectivity index (χ0) is 20.2. The number of sulfonamides is 1. The fourth-order valence-corrected chi connectivity index (χ4v) is 3.64. The van der Waals surface area contributed by atoms with E-state index in [2.05, 4.69) is 4.72 Å². The van der Waals surface area contributed by atoms with Crippen molar-refractivity contribution in [1.82, 2.24) is 4.57 Å². The Morgan fingerprint density at radius 3 is 2.33 bits per heavy atom. The zero-order valence-corrected chi connectivity index (χ0v) is 16.7. The first-order valence-corrected chi connectivity index (χ1v) is 10.1. The fraction of sp³-hybridized carbons (Fsp3) is 0.368. The van der Waals surface area contributed by atoms with E-state index in [-0.39, 0.29) is 18.0 Å². The van der Waals surface area contributed by atoms with Crippen molar-refractivity contribution in [1.29, 1.82) is 0 Å². The van der Waals surface area contributed by atoms with Crippen LogP contribution in [0.1, 0.15) is 32.0 Å². The third-order valence-corrected chi connectivity index (χ3v) is 4.81. The second-order valence-corrected chi connectivity index (χ2v) is 8.94. The summed E-state index contributed by atoms with van der Waals surface area (Å²) in [7, 11) is -3.78. The maximum Gasteiger partial charge on any atom is 0.326 e. The molecule has 0 atom stereocenters. The molecule has 27 heavy (non-hydrogen) atoms.